The molecular formula is C52H42N5+. The molecule has 0 aliphatic rings. The molecule has 0 aliphatic carbocycles. The zero-order chi connectivity index (χ0) is 38.5. The van der Waals surface area contributed by atoms with E-state index in [0.717, 1.165) is 61.9 Å². The fraction of sp³-hybridized carbons (Fsp3) is 0.0769. The summed E-state index contributed by atoms with van der Waals surface area (Å²) in [5.41, 5.74) is 14.7. The predicted octanol–water partition coefficient (Wildman–Crippen LogP) is 13.9. The van der Waals surface area contributed by atoms with Gasteiger partial charge in [0, 0.05) is 58.0 Å². The molecule has 5 heteroatoms. The number of aryl methyl sites for hydroxylation is 1. The SMILES string of the molecule is Cc1ccnc(-n2c3ccccc3c3ccc(N(c4cccc(-n5[cH+]n(C(C)C)c6ccccc65)c4)c4c(-c5ccccc5)cccc4-c4ccccc4)cc32)c1. The number of fused-ring (bicyclic) bond motifs is 4. The molecule has 0 spiro atoms. The highest BCUT2D eigenvalue weighted by Gasteiger charge is 2.25. The van der Waals surface area contributed by atoms with E-state index in [9.17, 15) is 0 Å². The maximum absolute atomic E-state index is 4.91. The third-order valence-electron chi connectivity index (χ3n) is 11.1. The van der Waals surface area contributed by atoms with E-state index in [1.54, 1.807) is 0 Å². The molecular weight excluding hydrogens is 695 g/mol. The Bertz CT molecular complexity index is 3010. The lowest BCUT2D eigenvalue weighted by molar-refractivity contribution is 0.612. The molecule has 0 radical (unpaired) electrons. The van der Waals surface area contributed by atoms with Crippen LogP contribution in [0.5, 0.6) is 0 Å². The van der Waals surface area contributed by atoms with E-state index < -0.39 is 0 Å². The molecule has 7 aromatic carbocycles. The van der Waals surface area contributed by atoms with E-state index in [0.29, 0.717) is 6.04 Å². The summed E-state index contributed by atoms with van der Waals surface area (Å²) in [6, 6.07) is 65.9. The molecule has 5 nitrogen and oxygen atoms in total. The number of hydrogen-bond acceptors (Lipinski definition) is 2. The number of hydrogen-bond donors (Lipinski definition) is 0. The van der Waals surface area contributed by atoms with Gasteiger partial charge in [0.05, 0.1) is 28.5 Å². The summed E-state index contributed by atoms with van der Waals surface area (Å²) in [4.78, 5) is 7.37. The molecule has 10 rings (SSSR count). The maximum atomic E-state index is 4.91. The molecule has 57 heavy (non-hydrogen) atoms. The highest BCUT2D eigenvalue weighted by atomic mass is 15.2. The van der Waals surface area contributed by atoms with Crippen molar-refractivity contribution in [3.05, 3.63) is 200 Å². The van der Waals surface area contributed by atoms with Gasteiger partial charge in [-0.25, -0.2) is 9.55 Å². The van der Waals surface area contributed by atoms with Gasteiger partial charge in [-0.1, -0.05) is 103 Å². The van der Waals surface area contributed by atoms with E-state index in [-0.39, 0.29) is 0 Å². The first kappa shape index (κ1) is 34.3. The Kier molecular flexibility index (Phi) is 8.49. The molecule has 0 amide bonds. The predicted molar refractivity (Wildman–Crippen MR) is 238 cm³/mol. The van der Waals surface area contributed by atoms with Crippen molar-refractivity contribution in [2.24, 2.45) is 0 Å². The summed E-state index contributed by atoms with van der Waals surface area (Å²) in [7, 11) is 0. The monoisotopic (exact) mass is 736 g/mol. The van der Waals surface area contributed by atoms with Crippen LogP contribution in [0.25, 0.3) is 66.6 Å². The molecule has 0 N–H and O–H groups in total. The van der Waals surface area contributed by atoms with E-state index in [2.05, 4.69) is 228 Å². The van der Waals surface area contributed by atoms with Crippen LogP contribution in [-0.4, -0.2) is 18.7 Å². The van der Waals surface area contributed by atoms with Gasteiger partial charge in [-0.05, 0) is 92.1 Å². The number of anilines is 3. The van der Waals surface area contributed by atoms with Crippen LogP contribution < -0.4 is 4.90 Å². The lowest BCUT2D eigenvalue weighted by Crippen LogP contribution is -2.13. The van der Waals surface area contributed by atoms with Crippen molar-refractivity contribution in [2.45, 2.75) is 26.8 Å². The summed E-state index contributed by atoms with van der Waals surface area (Å²) < 4.78 is 6.99. The van der Waals surface area contributed by atoms with Crippen LogP contribution >= 0.6 is 0 Å². The molecule has 10 aromatic rings. The minimum absolute atomic E-state index is 0.309. The van der Waals surface area contributed by atoms with Crippen molar-refractivity contribution in [3.8, 4) is 33.8 Å². The molecule has 0 atom stereocenters. The van der Waals surface area contributed by atoms with E-state index >= 15 is 0 Å². The number of para-hydroxylation sites is 4. The standard InChI is InChI=1S/C52H42N5/c1-36(2)54-35-55(49-27-13-12-26-48(49)54)40-20-14-21-41(33-40)56(52-43(38-16-6-4-7-17-38)23-15-24-44(52)39-18-8-5-9-19-39)42-28-29-46-45-22-10-11-25-47(45)57(50(46)34-42)51-32-37(3)30-31-53-51/h4-36H,1-3H3/q+1. The Hall–Kier alpha value is -7.24. The largest absolute Gasteiger partial charge is 0.308 e. The lowest BCUT2D eigenvalue weighted by Gasteiger charge is -2.30. The summed E-state index contributed by atoms with van der Waals surface area (Å²) in [5.74, 6) is 0.902. The van der Waals surface area contributed by atoms with Crippen molar-refractivity contribution < 1.29 is 0 Å². The Morgan fingerprint density at radius 3 is 1.84 bits per heavy atom. The van der Waals surface area contributed by atoms with Gasteiger partial charge < -0.3 is 4.90 Å². The van der Waals surface area contributed by atoms with Gasteiger partial charge >= 0.3 is 0 Å². The highest BCUT2D eigenvalue weighted by Crippen LogP contribution is 2.48. The Morgan fingerprint density at radius 1 is 0.526 bits per heavy atom. The summed E-state index contributed by atoms with van der Waals surface area (Å²) in [5, 5.41) is 2.38. The maximum Gasteiger partial charge on any atom is 0.191 e. The number of rotatable bonds is 8. The number of nitrogens with zero attached hydrogens (tertiary/aromatic N) is 5. The molecule has 0 unspecified atom stereocenters. The van der Waals surface area contributed by atoms with E-state index in [4.69, 9.17) is 4.98 Å². The first-order valence-corrected chi connectivity index (χ1v) is 19.7. The minimum atomic E-state index is 0.309. The van der Waals surface area contributed by atoms with Crippen molar-refractivity contribution in [1.82, 2.24) is 18.7 Å². The van der Waals surface area contributed by atoms with Gasteiger partial charge in [0.15, 0.2) is 17.4 Å². The van der Waals surface area contributed by atoms with Gasteiger partial charge in [-0.15, -0.1) is 0 Å². The fourth-order valence-electron chi connectivity index (χ4n) is 8.41. The summed E-state index contributed by atoms with van der Waals surface area (Å²) >= 11 is 0. The average Bonchev–Trinajstić information content (AvgIpc) is 3.81. The number of aromatic nitrogens is 4. The molecule has 0 bridgehead atoms. The second-order valence-corrected chi connectivity index (χ2v) is 15.0. The van der Waals surface area contributed by atoms with Crippen LogP contribution in [0.15, 0.2) is 195 Å². The fourth-order valence-corrected chi connectivity index (χ4v) is 8.41. The number of benzene rings is 7. The Balaban J connectivity index is 1.29. The van der Waals surface area contributed by atoms with Crippen molar-refractivity contribution in [3.63, 3.8) is 0 Å². The minimum Gasteiger partial charge on any atom is -0.308 e. The third-order valence-corrected chi connectivity index (χ3v) is 11.1. The second-order valence-electron chi connectivity index (χ2n) is 15.0. The van der Waals surface area contributed by atoms with Crippen molar-refractivity contribution in [1.29, 1.82) is 0 Å². The highest BCUT2D eigenvalue weighted by molar-refractivity contribution is 6.11. The third kappa shape index (κ3) is 5.96. The molecule has 3 heterocycles. The smallest absolute Gasteiger partial charge is 0.191 e. The van der Waals surface area contributed by atoms with Crippen LogP contribution in [-0.2, 0) is 0 Å². The molecule has 0 aliphatic heterocycles. The normalized spacial score (nSPS) is 11.6. The van der Waals surface area contributed by atoms with Gasteiger partial charge in [0.1, 0.15) is 11.5 Å². The number of pyridine rings is 1. The summed E-state index contributed by atoms with van der Waals surface area (Å²) in [6.07, 6.45) is 4.15. The van der Waals surface area contributed by atoms with Crippen LogP contribution in [0, 0.1) is 6.92 Å². The van der Waals surface area contributed by atoms with Gasteiger partial charge in [0.25, 0.3) is 0 Å². The van der Waals surface area contributed by atoms with E-state index in [1.807, 2.05) is 6.20 Å². The Morgan fingerprint density at radius 2 is 1.14 bits per heavy atom. The molecule has 0 fully saturated rings. The molecule has 0 saturated carbocycles. The summed E-state index contributed by atoms with van der Waals surface area (Å²) in [6.45, 7) is 6.60. The molecule has 0 saturated heterocycles. The second kappa shape index (κ2) is 14.1. The Labute approximate surface area is 333 Å². The van der Waals surface area contributed by atoms with Crippen LogP contribution in [0.3, 0.4) is 0 Å². The van der Waals surface area contributed by atoms with Crippen LogP contribution in [0.4, 0.5) is 17.1 Å². The zero-order valence-corrected chi connectivity index (χ0v) is 32.3. The zero-order valence-electron chi connectivity index (χ0n) is 32.3. The molecule has 3 aromatic heterocycles. The van der Waals surface area contributed by atoms with Gasteiger partial charge in [-0.3, -0.25) is 4.57 Å². The van der Waals surface area contributed by atoms with Gasteiger partial charge in [0.2, 0.25) is 0 Å². The lowest BCUT2D eigenvalue weighted by atomic mass is 9.94. The van der Waals surface area contributed by atoms with E-state index in [1.165, 1.54) is 27.4 Å². The first-order chi connectivity index (χ1) is 28.0. The molecule has 274 valence electrons. The van der Waals surface area contributed by atoms with Crippen LogP contribution in [0.1, 0.15) is 25.5 Å². The number of imidazole rings is 1. The van der Waals surface area contributed by atoms with Gasteiger partial charge in [-0.2, -0.15) is 4.57 Å². The first-order valence-electron chi connectivity index (χ1n) is 19.7. The quantitative estimate of drug-likeness (QED) is 0.145. The van der Waals surface area contributed by atoms with Crippen LogP contribution in [0.2, 0.25) is 0 Å². The average molecular weight is 737 g/mol. The van der Waals surface area contributed by atoms with Crippen molar-refractivity contribution >= 4 is 49.9 Å². The topological polar surface area (TPSA) is 30.9 Å². The van der Waals surface area contributed by atoms with Crippen molar-refractivity contribution in [2.75, 3.05) is 4.90 Å².